The third-order valence-corrected chi connectivity index (χ3v) is 3.79. The summed E-state index contributed by atoms with van der Waals surface area (Å²) in [5.41, 5.74) is -8.67. The topological polar surface area (TPSA) is 20.2 Å². The van der Waals surface area contributed by atoms with Crippen molar-refractivity contribution >= 4 is 0 Å². The van der Waals surface area contributed by atoms with Crippen LogP contribution in [0.1, 0.15) is 26.7 Å². The lowest BCUT2D eigenvalue weighted by molar-refractivity contribution is -0.456. The second-order valence-electron chi connectivity index (χ2n) is 6.39. The van der Waals surface area contributed by atoms with Gasteiger partial charge in [-0.15, -0.1) is 0 Å². The SMILES string of the molecule is CC(=CCC(F)(F)C(F)(F)C(F)(F)C(F)(F)C(F)(C(F)(F)F)C(F)(F)F)CC(C)O. The van der Waals surface area contributed by atoms with Crippen LogP contribution < -0.4 is 0 Å². The third kappa shape index (κ3) is 4.47. The molecule has 30 heavy (non-hydrogen) atoms. The Bertz CT molecular complexity index is 612. The zero-order valence-electron chi connectivity index (χ0n) is 14.7. The zero-order chi connectivity index (χ0) is 24.8. The highest BCUT2D eigenvalue weighted by molar-refractivity contribution is 5.17. The van der Waals surface area contributed by atoms with Crippen LogP contribution in [0.15, 0.2) is 11.6 Å². The molecule has 0 saturated heterocycles. The van der Waals surface area contributed by atoms with Crippen molar-refractivity contribution in [3.05, 3.63) is 11.6 Å². The van der Waals surface area contributed by atoms with E-state index in [1.54, 1.807) is 0 Å². The molecule has 0 aromatic carbocycles. The number of rotatable bonds is 8. The van der Waals surface area contributed by atoms with Crippen molar-refractivity contribution in [1.29, 1.82) is 0 Å². The summed E-state index contributed by atoms with van der Waals surface area (Å²) in [6.45, 7) is 1.95. The van der Waals surface area contributed by atoms with E-state index in [4.69, 9.17) is 5.11 Å². The van der Waals surface area contributed by atoms with Crippen molar-refractivity contribution in [2.24, 2.45) is 0 Å². The summed E-state index contributed by atoms with van der Waals surface area (Å²) in [5.74, 6) is -30.5. The fourth-order valence-corrected chi connectivity index (χ4v) is 2.14. The van der Waals surface area contributed by atoms with Crippen LogP contribution in [0.2, 0.25) is 0 Å². The maximum atomic E-state index is 13.6. The number of halogens is 15. The minimum atomic E-state index is -8.40. The van der Waals surface area contributed by atoms with Gasteiger partial charge < -0.3 is 5.11 Å². The minimum absolute atomic E-state index is 0.0189. The first-order valence-electron chi connectivity index (χ1n) is 7.48. The van der Waals surface area contributed by atoms with Crippen molar-refractivity contribution < 1.29 is 71.0 Å². The van der Waals surface area contributed by atoms with E-state index in [0.29, 0.717) is 0 Å². The molecule has 1 atom stereocenters. The van der Waals surface area contributed by atoms with Crippen molar-refractivity contribution in [2.75, 3.05) is 0 Å². The Morgan fingerprint density at radius 3 is 1.37 bits per heavy atom. The molecule has 180 valence electrons. The summed E-state index contributed by atoms with van der Waals surface area (Å²) in [4.78, 5) is 0. The van der Waals surface area contributed by atoms with Crippen LogP contribution in [0.5, 0.6) is 0 Å². The molecule has 0 bridgehead atoms. The quantitative estimate of drug-likeness (QED) is 0.311. The van der Waals surface area contributed by atoms with E-state index in [1.165, 1.54) is 0 Å². The summed E-state index contributed by atoms with van der Waals surface area (Å²) >= 11 is 0. The third-order valence-electron chi connectivity index (χ3n) is 3.79. The van der Waals surface area contributed by atoms with Gasteiger partial charge in [-0.05, 0) is 20.3 Å². The summed E-state index contributed by atoms with van der Waals surface area (Å²) in [7, 11) is 0. The van der Waals surface area contributed by atoms with Crippen LogP contribution in [-0.4, -0.2) is 52.9 Å². The Kier molecular flexibility index (Phi) is 7.61. The minimum Gasteiger partial charge on any atom is -0.393 e. The second kappa shape index (κ2) is 7.97. The number of aliphatic hydroxyl groups excluding tert-OH is 1. The molecule has 0 radical (unpaired) electrons. The molecule has 0 rings (SSSR count). The molecule has 0 fully saturated rings. The molecule has 1 unspecified atom stereocenters. The molecule has 0 aromatic heterocycles. The van der Waals surface area contributed by atoms with Crippen LogP contribution >= 0.6 is 0 Å². The highest BCUT2D eigenvalue weighted by Crippen LogP contribution is 2.64. The van der Waals surface area contributed by atoms with Crippen LogP contribution in [0.25, 0.3) is 0 Å². The molecule has 0 amide bonds. The van der Waals surface area contributed by atoms with Gasteiger partial charge in [0.25, 0.3) is 0 Å². The van der Waals surface area contributed by atoms with E-state index in [-0.39, 0.29) is 11.6 Å². The van der Waals surface area contributed by atoms with Gasteiger partial charge in [0.1, 0.15) is 0 Å². The number of hydrogen-bond donors (Lipinski definition) is 1. The number of alkyl halides is 15. The first-order valence-corrected chi connectivity index (χ1v) is 7.48. The van der Waals surface area contributed by atoms with Gasteiger partial charge in [-0.1, -0.05) is 11.6 Å². The second-order valence-corrected chi connectivity index (χ2v) is 6.39. The highest BCUT2D eigenvalue weighted by atomic mass is 19.4. The number of hydrogen-bond acceptors (Lipinski definition) is 1. The van der Waals surface area contributed by atoms with Crippen molar-refractivity contribution in [3.8, 4) is 0 Å². The standard InChI is InChI=1S/C14H13F15O/c1-6(5-7(2)30)3-4-8(15,16)10(18,19)12(22,23)11(20,21)9(17,13(24,25)26)14(27,28)29/h3,7,30H,4-5H2,1-2H3. The van der Waals surface area contributed by atoms with Gasteiger partial charge in [0.15, 0.2) is 0 Å². The molecule has 0 saturated carbocycles. The summed E-state index contributed by atoms with van der Waals surface area (Å²) in [5, 5.41) is 8.94. The molecular weight excluding hydrogens is 469 g/mol. The Morgan fingerprint density at radius 2 is 1.07 bits per heavy atom. The van der Waals surface area contributed by atoms with Gasteiger partial charge in [-0.3, -0.25) is 0 Å². The van der Waals surface area contributed by atoms with Gasteiger partial charge in [0.2, 0.25) is 0 Å². The van der Waals surface area contributed by atoms with Gasteiger partial charge in [0.05, 0.1) is 6.10 Å². The lowest BCUT2D eigenvalue weighted by Crippen LogP contribution is -2.75. The fraction of sp³-hybridized carbons (Fsp3) is 0.857. The Morgan fingerprint density at radius 1 is 0.700 bits per heavy atom. The summed E-state index contributed by atoms with van der Waals surface area (Å²) in [6.07, 6.45) is -20.2. The fourth-order valence-electron chi connectivity index (χ4n) is 2.14. The maximum Gasteiger partial charge on any atom is 0.438 e. The average Bonchev–Trinajstić information content (AvgIpc) is 2.48. The lowest BCUT2D eigenvalue weighted by Gasteiger charge is -2.43. The molecule has 0 aliphatic rings. The monoisotopic (exact) mass is 482 g/mol. The molecule has 0 aliphatic heterocycles. The average molecular weight is 482 g/mol. The van der Waals surface area contributed by atoms with E-state index in [9.17, 15) is 65.9 Å². The zero-order valence-corrected chi connectivity index (χ0v) is 14.7. The van der Waals surface area contributed by atoms with E-state index in [2.05, 4.69) is 0 Å². The Balaban J connectivity index is 6.47. The van der Waals surface area contributed by atoms with Crippen molar-refractivity contribution in [2.45, 2.75) is 74.5 Å². The Hall–Kier alpha value is -1.35. The van der Waals surface area contributed by atoms with E-state index >= 15 is 0 Å². The molecule has 0 aliphatic carbocycles. The molecule has 1 nitrogen and oxygen atoms in total. The maximum absolute atomic E-state index is 13.6. The van der Waals surface area contributed by atoms with E-state index in [1.807, 2.05) is 0 Å². The van der Waals surface area contributed by atoms with Crippen LogP contribution in [-0.2, 0) is 0 Å². The van der Waals surface area contributed by atoms with Gasteiger partial charge in [-0.2, -0.15) is 61.5 Å². The number of allylic oxidation sites excluding steroid dienone is 1. The molecule has 1 N–H and O–H groups in total. The van der Waals surface area contributed by atoms with Gasteiger partial charge in [-0.25, -0.2) is 4.39 Å². The predicted octanol–water partition coefficient (Wildman–Crippen LogP) is 6.47. The van der Waals surface area contributed by atoms with Gasteiger partial charge >= 0.3 is 41.7 Å². The Labute approximate surface area is 158 Å². The molecular formula is C14H13F15O. The molecule has 16 heteroatoms. The smallest absolute Gasteiger partial charge is 0.393 e. The summed E-state index contributed by atoms with van der Waals surface area (Å²) < 4.78 is 195. The van der Waals surface area contributed by atoms with Crippen molar-refractivity contribution in [3.63, 3.8) is 0 Å². The molecule has 0 aromatic rings. The normalized spacial score (nSPS) is 17.3. The molecule has 0 spiro atoms. The predicted molar refractivity (Wildman–Crippen MR) is 70.4 cm³/mol. The van der Waals surface area contributed by atoms with E-state index in [0.717, 1.165) is 13.8 Å². The summed E-state index contributed by atoms with van der Waals surface area (Å²) in [6, 6.07) is 0. The van der Waals surface area contributed by atoms with Crippen LogP contribution in [0.4, 0.5) is 65.9 Å². The first kappa shape index (κ1) is 28.6. The van der Waals surface area contributed by atoms with E-state index < -0.39 is 60.7 Å². The molecule has 0 heterocycles. The van der Waals surface area contributed by atoms with Crippen molar-refractivity contribution in [1.82, 2.24) is 0 Å². The first-order chi connectivity index (χ1) is 12.8. The van der Waals surface area contributed by atoms with Crippen LogP contribution in [0, 0.1) is 0 Å². The largest absolute Gasteiger partial charge is 0.438 e. The lowest BCUT2D eigenvalue weighted by atomic mass is 9.85. The highest BCUT2D eigenvalue weighted by Gasteiger charge is 2.95. The number of aliphatic hydroxyl groups is 1. The van der Waals surface area contributed by atoms with Gasteiger partial charge in [0, 0.05) is 6.42 Å². The van der Waals surface area contributed by atoms with Crippen LogP contribution in [0.3, 0.4) is 0 Å².